The summed E-state index contributed by atoms with van der Waals surface area (Å²) in [6.45, 7) is 0. The van der Waals surface area contributed by atoms with Crippen molar-refractivity contribution in [3.63, 3.8) is 0 Å². The summed E-state index contributed by atoms with van der Waals surface area (Å²) < 4.78 is 0. The van der Waals surface area contributed by atoms with Crippen molar-refractivity contribution >= 4 is 17.1 Å². The lowest BCUT2D eigenvalue weighted by Crippen LogP contribution is -2.19. The standard InChI is InChI=1S/C25H31N3/c1-26(2)22-16-10-7-13-19(22)25(20-14-8-11-17-23(20)27(3)4)21-15-9-12-18-24(21)28(5)6/h7-18,25H,1-6H3. The summed E-state index contributed by atoms with van der Waals surface area (Å²) in [4.78, 5) is 6.62. The van der Waals surface area contributed by atoms with Crippen molar-refractivity contribution in [2.24, 2.45) is 0 Å². The fourth-order valence-electron chi connectivity index (χ4n) is 3.92. The van der Waals surface area contributed by atoms with Crippen LogP contribution in [0.25, 0.3) is 0 Å². The molecule has 3 rings (SSSR count). The van der Waals surface area contributed by atoms with Crippen molar-refractivity contribution in [1.29, 1.82) is 0 Å². The number of nitrogens with zero attached hydrogens (tertiary/aromatic N) is 3. The molecule has 0 spiro atoms. The van der Waals surface area contributed by atoms with Crippen LogP contribution in [0.3, 0.4) is 0 Å². The van der Waals surface area contributed by atoms with Gasteiger partial charge in [-0.25, -0.2) is 0 Å². The molecule has 0 saturated carbocycles. The number of benzene rings is 3. The second kappa shape index (κ2) is 8.39. The summed E-state index contributed by atoms with van der Waals surface area (Å²) in [7, 11) is 12.7. The molecule has 0 bridgehead atoms. The number of rotatable bonds is 6. The summed E-state index contributed by atoms with van der Waals surface area (Å²) >= 11 is 0. The third-order valence-corrected chi connectivity index (χ3v) is 5.19. The van der Waals surface area contributed by atoms with Gasteiger partial charge in [-0.3, -0.25) is 0 Å². The Morgan fingerprint density at radius 1 is 0.429 bits per heavy atom. The van der Waals surface area contributed by atoms with E-state index in [0.29, 0.717) is 0 Å². The Hall–Kier alpha value is -2.94. The molecule has 0 aliphatic heterocycles. The lowest BCUT2D eigenvalue weighted by molar-refractivity contribution is 0.932. The molecule has 0 N–H and O–H groups in total. The molecule has 146 valence electrons. The molecule has 0 aliphatic carbocycles. The Labute approximate surface area is 169 Å². The Morgan fingerprint density at radius 2 is 0.679 bits per heavy atom. The van der Waals surface area contributed by atoms with E-state index in [0.717, 1.165) is 0 Å². The van der Waals surface area contributed by atoms with Gasteiger partial charge in [-0.05, 0) is 34.9 Å². The van der Waals surface area contributed by atoms with Gasteiger partial charge in [-0.2, -0.15) is 0 Å². The minimum Gasteiger partial charge on any atom is -0.377 e. The summed E-state index contributed by atoms with van der Waals surface area (Å²) in [5, 5.41) is 0. The van der Waals surface area contributed by atoms with Crippen molar-refractivity contribution in [3.8, 4) is 0 Å². The fraction of sp³-hybridized carbons (Fsp3) is 0.280. The van der Waals surface area contributed by atoms with E-state index in [4.69, 9.17) is 0 Å². The molecule has 0 unspecified atom stereocenters. The first-order valence-corrected chi connectivity index (χ1v) is 9.70. The van der Waals surface area contributed by atoms with Crippen LogP contribution in [0, 0.1) is 0 Å². The lowest BCUT2D eigenvalue weighted by Gasteiger charge is -2.31. The van der Waals surface area contributed by atoms with Gasteiger partial charge in [0.2, 0.25) is 0 Å². The van der Waals surface area contributed by atoms with E-state index in [-0.39, 0.29) is 5.92 Å². The summed E-state index contributed by atoms with van der Waals surface area (Å²) in [6.07, 6.45) is 0. The highest BCUT2D eigenvalue weighted by Gasteiger charge is 2.26. The van der Waals surface area contributed by atoms with Crippen molar-refractivity contribution in [1.82, 2.24) is 0 Å². The quantitative estimate of drug-likeness (QED) is 0.559. The van der Waals surface area contributed by atoms with Crippen LogP contribution >= 0.6 is 0 Å². The van der Waals surface area contributed by atoms with Gasteiger partial charge >= 0.3 is 0 Å². The van der Waals surface area contributed by atoms with Gasteiger partial charge in [0, 0.05) is 65.3 Å². The van der Waals surface area contributed by atoms with Crippen LogP contribution in [0.1, 0.15) is 22.6 Å². The second-order valence-corrected chi connectivity index (χ2v) is 7.79. The molecule has 0 amide bonds. The van der Waals surface area contributed by atoms with Gasteiger partial charge in [0.05, 0.1) is 0 Å². The van der Waals surface area contributed by atoms with E-state index in [9.17, 15) is 0 Å². The van der Waals surface area contributed by atoms with E-state index >= 15 is 0 Å². The summed E-state index contributed by atoms with van der Waals surface area (Å²) in [6, 6.07) is 26.2. The van der Waals surface area contributed by atoms with Crippen LogP contribution < -0.4 is 14.7 Å². The minimum absolute atomic E-state index is 0.135. The van der Waals surface area contributed by atoms with Crippen LogP contribution in [-0.4, -0.2) is 42.3 Å². The first-order chi connectivity index (χ1) is 13.4. The zero-order valence-electron chi connectivity index (χ0n) is 17.8. The van der Waals surface area contributed by atoms with E-state index in [1.165, 1.54) is 33.8 Å². The largest absolute Gasteiger partial charge is 0.377 e. The molecular weight excluding hydrogens is 342 g/mol. The highest BCUT2D eigenvalue weighted by molar-refractivity contribution is 5.69. The van der Waals surface area contributed by atoms with Gasteiger partial charge < -0.3 is 14.7 Å². The van der Waals surface area contributed by atoms with Gasteiger partial charge in [0.15, 0.2) is 0 Å². The topological polar surface area (TPSA) is 9.72 Å². The van der Waals surface area contributed by atoms with Crippen molar-refractivity contribution < 1.29 is 0 Å². The fourth-order valence-corrected chi connectivity index (χ4v) is 3.92. The third-order valence-electron chi connectivity index (χ3n) is 5.19. The number of para-hydroxylation sites is 3. The Kier molecular flexibility index (Phi) is 5.93. The molecule has 3 aromatic rings. The number of hydrogen-bond donors (Lipinski definition) is 0. The van der Waals surface area contributed by atoms with Crippen LogP contribution in [0.15, 0.2) is 72.8 Å². The molecule has 0 heterocycles. The van der Waals surface area contributed by atoms with Gasteiger partial charge in [0.1, 0.15) is 0 Å². The maximum atomic E-state index is 2.26. The van der Waals surface area contributed by atoms with Crippen LogP contribution in [0.2, 0.25) is 0 Å². The predicted octanol–water partition coefficient (Wildman–Crippen LogP) is 5.06. The van der Waals surface area contributed by atoms with E-state index in [1.807, 2.05) is 0 Å². The minimum atomic E-state index is 0.135. The van der Waals surface area contributed by atoms with Gasteiger partial charge in [-0.1, -0.05) is 54.6 Å². The monoisotopic (exact) mass is 373 g/mol. The maximum Gasteiger partial charge on any atom is 0.0403 e. The SMILES string of the molecule is CN(C)c1ccccc1C(c1ccccc1N(C)C)c1ccccc1N(C)C. The van der Waals surface area contributed by atoms with E-state index in [1.54, 1.807) is 0 Å². The molecule has 0 aromatic heterocycles. The van der Waals surface area contributed by atoms with Crippen LogP contribution in [0.4, 0.5) is 17.1 Å². The number of anilines is 3. The van der Waals surface area contributed by atoms with Gasteiger partial charge in [-0.15, -0.1) is 0 Å². The molecule has 3 nitrogen and oxygen atoms in total. The molecule has 0 radical (unpaired) electrons. The van der Waals surface area contributed by atoms with Gasteiger partial charge in [0.25, 0.3) is 0 Å². The van der Waals surface area contributed by atoms with E-state index < -0.39 is 0 Å². The van der Waals surface area contributed by atoms with Crippen molar-refractivity contribution in [2.75, 3.05) is 57.0 Å². The zero-order chi connectivity index (χ0) is 20.3. The molecule has 0 saturated heterocycles. The zero-order valence-corrected chi connectivity index (χ0v) is 17.8. The molecule has 0 atom stereocenters. The molecular formula is C25H31N3. The average molecular weight is 374 g/mol. The number of hydrogen-bond acceptors (Lipinski definition) is 3. The molecule has 28 heavy (non-hydrogen) atoms. The highest BCUT2D eigenvalue weighted by Crippen LogP contribution is 2.43. The third kappa shape index (κ3) is 3.84. The Morgan fingerprint density at radius 3 is 0.929 bits per heavy atom. The van der Waals surface area contributed by atoms with Crippen LogP contribution in [0.5, 0.6) is 0 Å². The Balaban J connectivity index is 2.35. The van der Waals surface area contributed by atoms with Crippen molar-refractivity contribution in [3.05, 3.63) is 89.5 Å². The average Bonchev–Trinajstić information content (AvgIpc) is 2.69. The lowest BCUT2D eigenvalue weighted by atomic mass is 9.82. The summed E-state index contributed by atoms with van der Waals surface area (Å²) in [5.41, 5.74) is 7.68. The smallest absolute Gasteiger partial charge is 0.0403 e. The van der Waals surface area contributed by atoms with Crippen LogP contribution in [-0.2, 0) is 0 Å². The first-order valence-electron chi connectivity index (χ1n) is 9.70. The second-order valence-electron chi connectivity index (χ2n) is 7.79. The van der Waals surface area contributed by atoms with E-state index in [2.05, 4.69) is 130 Å². The molecule has 3 aromatic carbocycles. The summed E-state index contributed by atoms with van der Waals surface area (Å²) in [5.74, 6) is 0.135. The normalized spacial score (nSPS) is 10.8. The predicted molar refractivity (Wildman–Crippen MR) is 123 cm³/mol. The maximum absolute atomic E-state index is 2.26. The molecule has 0 fully saturated rings. The highest BCUT2D eigenvalue weighted by atomic mass is 15.1. The Bertz CT molecular complexity index is 806. The van der Waals surface area contributed by atoms with Crippen molar-refractivity contribution in [2.45, 2.75) is 5.92 Å². The molecule has 3 heteroatoms. The first kappa shape index (κ1) is 19.8. The molecule has 0 aliphatic rings.